The van der Waals surface area contributed by atoms with Gasteiger partial charge < -0.3 is 19.9 Å². The Hall–Kier alpha value is -3.16. The maximum absolute atomic E-state index is 12.9. The molecular formula is C25H35N3O5. The summed E-state index contributed by atoms with van der Waals surface area (Å²) in [6, 6.07) is 7.05. The Morgan fingerprint density at radius 3 is 2.58 bits per heavy atom. The molecule has 1 aliphatic heterocycles. The molecule has 1 unspecified atom stereocenters. The van der Waals surface area contributed by atoms with Crippen LogP contribution in [0.4, 0.5) is 5.69 Å². The molecule has 8 heteroatoms. The molecule has 1 aromatic rings. The van der Waals surface area contributed by atoms with Crippen LogP contribution in [0.1, 0.15) is 52.5 Å². The zero-order valence-electron chi connectivity index (χ0n) is 20.1. The molecule has 0 spiro atoms. The Morgan fingerprint density at radius 2 is 1.94 bits per heavy atom. The van der Waals surface area contributed by atoms with Crippen molar-refractivity contribution in [1.29, 1.82) is 0 Å². The lowest BCUT2D eigenvalue weighted by atomic mass is 10.1. The SMILES string of the molecule is C=CC(=O)Nc1cccc(CC(=O)N2CCCC(N(CC(=O)OC(C)(C)C)C(C)=O)CC2)c1. The van der Waals surface area contributed by atoms with Gasteiger partial charge in [-0.1, -0.05) is 18.7 Å². The summed E-state index contributed by atoms with van der Waals surface area (Å²) >= 11 is 0. The highest BCUT2D eigenvalue weighted by molar-refractivity contribution is 5.99. The Labute approximate surface area is 195 Å². The van der Waals surface area contributed by atoms with Gasteiger partial charge >= 0.3 is 5.97 Å². The summed E-state index contributed by atoms with van der Waals surface area (Å²) in [6.45, 7) is 11.3. The molecule has 0 radical (unpaired) electrons. The molecular weight excluding hydrogens is 422 g/mol. The molecule has 1 aromatic carbocycles. The molecule has 0 bridgehead atoms. The molecule has 8 nitrogen and oxygen atoms in total. The van der Waals surface area contributed by atoms with Gasteiger partial charge in [-0.05, 0) is 63.8 Å². The van der Waals surface area contributed by atoms with E-state index in [4.69, 9.17) is 4.74 Å². The van der Waals surface area contributed by atoms with E-state index in [0.717, 1.165) is 18.4 Å². The number of amides is 3. The molecule has 180 valence electrons. The number of rotatable bonds is 7. The lowest BCUT2D eigenvalue weighted by molar-refractivity contribution is -0.159. The summed E-state index contributed by atoms with van der Waals surface area (Å²) in [7, 11) is 0. The van der Waals surface area contributed by atoms with E-state index in [0.29, 0.717) is 25.2 Å². The highest BCUT2D eigenvalue weighted by Gasteiger charge is 2.29. The molecule has 1 aliphatic rings. The van der Waals surface area contributed by atoms with Crippen molar-refractivity contribution in [2.24, 2.45) is 0 Å². The second-order valence-electron chi connectivity index (χ2n) is 9.27. The summed E-state index contributed by atoms with van der Waals surface area (Å²) in [5, 5.41) is 2.70. The fraction of sp³-hybridized carbons (Fsp3) is 0.520. The van der Waals surface area contributed by atoms with Crippen molar-refractivity contribution in [3.8, 4) is 0 Å². The van der Waals surface area contributed by atoms with Gasteiger partial charge in [-0.3, -0.25) is 19.2 Å². The summed E-state index contributed by atoms with van der Waals surface area (Å²) < 4.78 is 5.38. The summed E-state index contributed by atoms with van der Waals surface area (Å²) in [6.07, 6.45) is 3.47. The maximum atomic E-state index is 12.9. The van der Waals surface area contributed by atoms with E-state index in [2.05, 4.69) is 11.9 Å². The number of anilines is 1. The number of nitrogens with zero attached hydrogens (tertiary/aromatic N) is 2. The van der Waals surface area contributed by atoms with Crippen LogP contribution in [0.5, 0.6) is 0 Å². The van der Waals surface area contributed by atoms with E-state index in [1.54, 1.807) is 48.8 Å². The highest BCUT2D eigenvalue weighted by atomic mass is 16.6. The van der Waals surface area contributed by atoms with Crippen molar-refractivity contribution >= 4 is 29.4 Å². The van der Waals surface area contributed by atoms with Crippen molar-refractivity contribution < 1.29 is 23.9 Å². The molecule has 0 aromatic heterocycles. The number of hydrogen-bond donors (Lipinski definition) is 1. The van der Waals surface area contributed by atoms with Crippen LogP contribution in [0.15, 0.2) is 36.9 Å². The number of carbonyl (C=O) groups is 4. The number of esters is 1. The van der Waals surface area contributed by atoms with Gasteiger partial charge in [0.1, 0.15) is 12.1 Å². The second kappa shape index (κ2) is 11.6. The molecule has 33 heavy (non-hydrogen) atoms. The molecule has 2 rings (SSSR count). The topological polar surface area (TPSA) is 96.0 Å². The van der Waals surface area contributed by atoms with E-state index in [1.165, 1.54) is 13.0 Å². The lowest BCUT2D eigenvalue weighted by Crippen LogP contribution is -2.44. The van der Waals surface area contributed by atoms with Crippen LogP contribution >= 0.6 is 0 Å². The fourth-order valence-electron chi connectivity index (χ4n) is 3.89. The van der Waals surface area contributed by atoms with Crippen LogP contribution in [0.25, 0.3) is 0 Å². The Balaban J connectivity index is 1.97. The summed E-state index contributed by atoms with van der Waals surface area (Å²) in [5.41, 5.74) is 0.802. The molecule has 1 saturated heterocycles. The number of nitrogens with one attached hydrogen (secondary N) is 1. The predicted molar refractivity (Wildman–Crippen MR) is 126 cm³/mol. The van der Waals surface area contributed by atoms with Gasteiger partial charge in [0.2, 0.25) is 17.7 Å². The van der Waals surface area contributed by atoms with E-state index < -0.39 is 11.6 Å². The minimum Gasteiger partial charge on any atom is -0.459 e. The van der Waals surface area contributed by atoms with Crippen molar-refractivity contribution in [3.05, 3.63) is 42.5 Å². The number of ether oxygens (including phenoxy) is 1. The number of hydrogen-bond acceptors (Lipinski definition) is 5. The van der Waals surface area contributed by atoms with Crippen LogP contribution in [-0.4, -0.2) is 64.8 Å². The third kappa shape index (κ3) is 8.71. The zero-order chi connectivity index (χ0) is 24.6. The molecule has 1 atom stereocenters. The second-order valence-corrected chi connectivity index (χ2v) is 9.27. The zero-order valence-corrected chi connectivity index (χ0v) is 20.1. The molecule has 0 saturated carbocycles. The van der Waals surface area contributed by atoms with Gasteiger partial charge in [-0.15, -0.1) is 0 Å². The minimum atomic E-state index is -0.613. The minimum absolute atomic E-state index is 0.00985. The largest absolute Gasteiger partial charge is 0.459 e. The van der Waals surface area contributed by atoms with E-state index >= 15 is 0 Å². The fourth-order valence-corrected chi connectivity index (χ4v) is 3.89. The first kappa shape index (κ1) is 26.1. The van der Waals surface area contributed by atoms with Gasteiger partial charge in [0, 0.05) is 31.7 Å². The third-order valence-electron chi connectivity index (χ3n) is 5.35. The summed E-state index contributed by atoms with van der Waals surface area (Å²) in [4.78, 5) is 52.3. The Kier molecular flexibility index (Phi) is 9.20. The van der Waals surface area contributed by atoms with Crippen LogP contribution in [0.3, 0.4) is 0 Å². The standard InChI is InChI=1S/C25H35N3O5/c1-6-22(30)26-20-10-7-9-19(15-20)16-23(31)27-13-8-11-21(12-14-27)28(18(2)29)17-24(32)33-25(3,4)5/h6-7,9-10,15,21H,1,8,11-14,16-17H2,2-5H3,(H,26,30). The van der Waals surface area contributed by atoms with Gasteiger partial charge in [0.15, 0.2) is 0 Å². The normalized spacial score (nSPS) is 16.4. The number of carbonyl (C=O) groups excluding carboxylic acids is 4. The van der Waals surface area contributed by atoms with Crippen molar-refractivity contribution in [3.63, 3.8) is 0 Å². The maximum Gasteiger partial charge on any atom is 0.326 e. The van der Waals surface area contributed by atoms with Crippen molar-refractivity contribution in [2.75, 3.05) is 25.0 Å². The first-order chi connectivity index (χ1) is 15.5. The number of likely N-dealkylation sites (tertiary alicyclic amines) is 1. The van der Waals surface area contributed by atoms with Crippen molar-refractivity contribution in [1.82, 2.24) is 9.80 Å². The van der Waals surface area contributed by atoms with E-state index in [-0.39, 0.29) is 36.7 Å². The first-order valence-electron chi connectivity index (χ1n) is 11.3. The molecule has 1 N–H and O–H groups in total. The number of benzene rings is 1. The van der Waals surface area contributed by atoms with Gasteiger partial charge in [0.25, 0.3) is 0 Å². The smallest absolute Gasteiger partial charge is 0.326 e. The van der Waals surface area contributed by atoms with Crippen LogP contribution in [-0.2, 0) is 30.3 Å². The lowest BCUT2D eigenvalue weighted by Gasteiger charge is -2.31. The van der Waals surface area contributed by atoms with E-state index in [9.17, 15) is 19.2 Å². The van der Waals surface area contributed by atoms with Crippen molar-refractivity contribution in [2.45, 2.75) is 65.0 Å². The Bertz CT molecular complexity index is 890. The first-order valence-corrected chi connectivity index (χ1v) is 11.3. The van der Waals surface area contributed by atoms with Crippen LogP contribution < -0.4 is 5.32 Å². The quantitative estimate of drug-likeness (QED) is 0.502. The highest BCUT2D eigenvalue weighted by Crippen LogP contribution is 2.20. The molecule has 1 fully saturated rings. The molecule has 1 heterocycles. The van der Waals surface area contributed by atoms with Gasteiger partial charge in [0.05, 0.1) is 6.42 Å². The molecule has 3 amide bonds. The Morgan fingerprint density at radius 1 is 1.21 bits per heavy atom. The predicted octanol–water partition coefficient (Wildman–Crippen LogP) is 2.92. The van der Waals surface area contributed by atoms with Crippen LogP contribution in [0, 0.1) is 0 Å². The third-order valence-corrected chi connectivity index (χ3v) is 5.35. The van der Waals surface area contributed by atoms with E-state index in [1.807, 2.05) is 6.07 Å². The van der Waals surface area contributed by atoms with Gasteiger partial charge in [-0.2, -0.15) is 0 Å². The average molecular weight is 458 g/mol. The van der Waals surface area contributed by atoms with Gasteiger partial charge in [-0.25, -0.2) is 0 Å². The average Bonchev–Trinajstić information content (AvgIpc) is 2.97. The van der Waals surface area contributed by atoms with Crippen LogP contribution in [0.2, 0.25) is 0 Å². The molecule has 0 aliphatic carbocycles. The summed E-state index contributed by atoms with van der Waals surface area (Å²) in [5.74, 6) is -0.926. The monoisotopic (exact) mass is 457 g/mol.